The number of anilines is 7. The molecular formula is C53H80I2N10O2S2. The fourth-order valence-corrected chi connectivity index (χ4v) is 9.14. The lowest BCUT2D eigenvalue weighted by atomic mass is 10.1. The molecule has 8 rings (SSSR count). The van der Waals surface area contributed by atoms with E-state index in [1.807, 2.05) is 107 Å². The van der Waals surface area contributed by atoms with Crippen molar-refractivity contribution >= 4 is 114 Å². The number of piperidine rings is 3. The molecule has 12 nitrogen and oxygen atoms in total. The van der Waals surface area contributed by atoms with Crippen LogP contribution in [0, 0.1) is 0 Å². The first-order chi connectivity index (χ1) is 33.0. The van der Waals surface area contributed by atoms with E-state index < -0.39 is 0 Å². The molecule has 4 aliphatic heterocycles. The predicted molar refractivity (Wildman–Crippen MR) is 310 cm³/mol. The van der Waals surface area contributed by atoms with Gasteiger partial charge in [-0.2, -0.15) is 4.58 Å². The summed E-state index contributed by atoms with van der Waals surface area (Å²) < 4.78 is 2.41. The minimum atomic E-state index is 0. The predicted octanol–water partition coefficient (Wildman–Crippen LogP) is 8.85. The Morgan fingerprint density at radius 2 is 1.01 bits per heavy atom. The molecule has 3 fully saturated rings. The highest BCUT2D eigenvalue weighted by molar-refractivity contribution is 14.1. The maximum atomic E-state index is 11.6. The Labute approximate surface area is 455 Å². The van der Waals surface area contributed by atoms with Crippen LogP contribution in [0.3, 0.4) is 0 Å². The molecule has 4 aromatic rings. The number of carbonyl (C=O) groups is 1. The number of rotatable bonds is 8. The third-order valence-corrected chi connectivity index (χ3v) is 13.2. The maximum Gasteiger partial charge on any atom is 0.226 e. The first kappa shape index (κ1) is 61.3. The molecule has 0 bridgehead atoms. The lowest BCUT2D eigenvalue weighted by molar-refractivity contribution is -0.443. The number of thiocarbonyl (C=S) groups is 1. The summed E-state index contributed by atoms with van der Waals surface area (Å²) in [7, 11) is 1.59. The fourth-order valence-electron chi connectivity index (χ4n) is 8.03. The van der Waals surface area contributed by atoms with Crippen LogP contribution in [0.25, 0.3) is 0 Å². The Kier molecular flexibility index (Phi) is 31.3. The molecule has 0 saturated carbocycles. The van der Waals surface area contributed by atoms with Crippen LogP contribution in [-0.2, 0) is 9.63 Å². The number of alkyl halides is 1. The van der Waals surface area contributed by atoms with Gasteiger partial charge >= 0.3 is 0 Å². The molecule has 1 amide bonds. The highest BCUT2D eigenvalue weighted by Crippen LogP contribution is 2.26. The molecule has 380 valence electrons. The van der Waals surface area contributed by atoms with E-state index in [0.717, 1.165) is 96.8 Å². The van der Waals surface area contributed by atoms with Gasteiger partial charge in [-0.1, -0.05) is 72.5 Å². The van der Waals surface area contributed by atoms with Crippen LogP contribution in [-0.4, -0.2) is 95.4 Å². The quantitative estimate of drug-likeness (QED) is 0.0334. The number of amidine groups is 1. The van der Waals surface area contributed by atoms with Crippen molar-refractivity contribution in [2.24, 2.45) is 5.16 Å². The Hall–Kier alpha value is -3.85. The maximum absolute atomic E-state index is 11.6. The van der Waals surface area contributed by atoms with Crippen molar-refractivity contribution < 1.29 is 38.2 Å². The van der Waals surface area contributed by atoms with Gasteiger partial charge in [0.15, 0.2) is 0 Å². The minimum absolute atomic E-state index is 0. The van der Waals surface area contributed by atoms with Gasteiger partial charge in [0, 0.05) is 97.3 Å². The number of thioether (sulfide) groups is 1. The fraction of sp³-hybridized carbons (Fsp3) is 0.472. The number of hydrogen-bond acceptors (Lipinski definition) is 10. The van der Waals surface area contributed by atoms with Gasteiger partial charge in [0.25, 0.3) is 0 Å². The number of hydrogen-bond donors (Lipinski definition) is 4. The van der Waals surface area contributed by atoms with Crippen LogP contribution in [0.15, 0.2) is 102 Å². The molecule has 4 heterocycles. The summed E-state index contributed by atoms with van der Waals surface area (Å²) in [6.07, 6.45) is 15.6. The molecule has 0 aliphatic carbocycles. The van der Waals surface area contributed by atoms with Gasteiger partial charge in [0.05, 0.1) is 4.99 Å². The average molecular weight is 1210 g/mol. The molecule has 4 aromatic carbocycles. The smallest absolute Gasteiger partial charge is 0.226 e. The van der Waals surface area contributed by atoms with Gasteiger partial charge in [-0.25, -0.2) is 0 Å². The second-order valence-corrected chi connectivity index (χ2v) is 17.8. The molecule has 8 N–H and O–H groups in total. The van der Waals surface area contributed by atoms with Crippen molar-refractivity contribution in [1.82, 2.24) is 4.90 Å². The number of nitrogens with zero attached hydrogens (tertiary/aromatic N) is 6. The lowest BCUT2D eigenvalue weighted by Gasteiger charge is -2.29. The van der Waals surface area contributed by atoms with E-state index in [1.54, 1.807) is 7.11 Å². The highest BCUT2D eigenvalue weighted by Gasteiger charge is 2.22. The number of halogens is 2. The molecule has 0 unspecified atom stereocenters. The van der Waals surface area contributed by atoms with Crippen LogP contribution in [0.1, 0.15) is 97.8 Å². The van der Waals surface area contributed by atoms with Crippen LogP contribution < -0.4 is 61.6 Å². The van der Waals surface area contributed by atoms with Gasteiger partial charge in [-0.05, 0) is 167 Å². The summed E-state index contributed by atoms with van der Waals surface area (Å²) in [6, 6.07) is 31.4. The topological polar surface area (TPSA) is 159 Å². The minimum Gasteiger partial charge on any atom is -1.00 e. The van der Waals surface area contributed by atoms with Crippen LogP contribution in [0.5, 0.6) is 0 Å². The second kappa shape index (κ2) is 35.3. The second-order valence-electron chi connectivity index (χ2n) is 16.5. The van der Waals surface area contributed by atoms with E-state index in [-0.39, 0.29) is 29.9 Å². The average Bonchev–Trinajstić information content (AvgIpc) is 3.38. The van der Waals surface area contributed by atoms with Crippen LogP contribution in [0.4, 0.5) is 45.5 Å². The van der Waals surface area contributed by atoms with Crippen molar-refractivity contribution in [3.8, 4) is 0 Å². The Balaban J connectivity index is 0.000000297. The Morgan fingerprint density at radius 1 is 0.609 bits per heavy atom. The van der Waals surface area contributed by atoms with Gasteiger partial charge in [-0.3, -0.25) is 4.79 Å². The molecule has 0 atom stereocenters. The number of carbonyl (C=O) groups excluding carboxylic acids is 1. The molecule has 0 radical (unpaired) electrons. The molecule has 0 aromatic heterocycles. The zero-order valence-electron chi connectivity index (χ0n) is 42.1. The van der Waals surface area contributed by atoms with E-state index in [4.69, 9.17) is 40.0 Å². The normalized spacial score (nSPS) is 16.1. The van der Waals surface area contributed by atoms with Gasteiger partial charge in [-0.15, -0.1) is 0 Å². The lowest BCUT2D eigenvalue weighted by Crippen LogP contribution is -3.00. The summed E-state index contributed by atoms with van der Waals surface area (Å²) in [5.41, 5.74) is 30.3. The summed E-state index contributed by atoms with van der Waals surface area (Å²) in [5, 5.41) is 5.55. The van der Waals surface area contributed by atoms with Crippen LogP contribution >= 0.6 is 46.6 Å². The van der Waals surface area contributed by atoms with Gasteiger partial charge in [0.1, 0.15) is 19.5 Å². The Morgan fingerprint density at radius 3 is 1.45 bits per heavy atom. The van der Waals surface area contributed by atoms with E-state index >= 15 is 0 Å². The van der Waals surface area contributed by atoms with E-state index in [1.165, 1.54) is 81.0 Å². The van der Waals surface area contributed by atoms with Crippen molar-refractivity contribution in [2.45, 2.75) is 97.8 Å². The van der Waals surface area contributed by atoms with Crippen molar-refractivity contribution in [1.29, 1.82) is 0 Å². The SMILES string of the molecule is CCN(CC)CC.CI.CO/N=C1\CCCCN1c1ccc(N)cc1.CSC1=[N+](c2ccc(N)cc2)CCCC1.Nc1ccc(N2CCCCC2=O)cc1.Nc1ccc(N2CCCCC2=S)cc1.[I-]. The standard InChI is InChI=1S/C12H17N3O.C12H17N2S.C11H14N2O.C11H14N2S.C6H15N.CH3I.HI/c1-16-14-12-4-2-3-9-15(12)11-7-5-10(13)6-8-11;1-15-12-4-2-3-9-14(12)11-7-5-10(13)6-8-11;2*12-9-4-6-10(7-5-9)13-8-2-1-3-11(13)14;1-4-7(5-2)6-3;1-2;/h5-8H,2-4,9,13H2,1H3;5-8H,2-4,9,13H2,1H3;2*4-7H,1-3,8,12H2;4-6H2,1-3H3;1H3;1H/q;+1;;;;;/p-1/b14-12+;;;;;;. The highest BCUT2D eigenvalue weighted by atomic mass is 127. The summed E-state index contributed by atoms with van der Waals surface area (Å²) >= 11 is 9.35. The zero-order chi connectivity index (χ0) is 49.7. The van der Waals surface area contributed by atoms with E-state index in [0.29, 0.717) is 6.42 Å². The summed E-state index contributed by atoms with van der Waals surface area (Å²) in [4.78, 5) is 28.1. The molecule has 69 heavy (non-hydrogen) atoms. The van der Waals surface area contributed by atoms with E-state index in [9.17, 15) is 4.79 Å². The summed E-state index contributed by atoms with van der Waals surface area (Å²) in [5.74, 6) is 1.22. The number of benzene rings is 4. The molecule has 4 aliphatic rings. The van der Waals surface area contributed by atoms with Crippen molar-refractivity contribution in [3.63, 3.8) is 0 Å². The zero-order valence-corrected chi connectivity index (χ0v) is 48.0. The van der Waals surface area contributed by atoms with Crippen molar-refractivity contribution in [3.05, 3.63) is 97.1 Å². The monoisotopic (exact) mass is 1210 g/mol. The number of amides is 1. The van der Waals surface area contributed by atoms with Crippen molar-refractivity contribution in [2.75, 3.05) is 102 Å². The first-order valence-corrected chi connectivity index (χ1v) is 28.0. The number of nitrogen functional groups attached to an aromatic ring is 4. The third kappa shape index (κ3) is 21.6. The molecule has 16 heteroatoms. The first-order valence-electron chi connectivity index (χ1n) is 24.2. The third-order valence-electron chi connectivity index (χ3n) is 11.9. The molecule has 3 saturated heterocycles. The van der Waals surface area contributed by atoms with Gasteiger partial charge in [0.2, 0.25) is 16.6 Å². The largest absolute Gasteiger partial charge is 1.00 e. The van der Waals surface area contributed by atoms with Gasteiger partial charge < -0.3 is 71.3 Å². The summed E-state index contributed by atoms with van der Waals surface area (Å²) in [6.45, 7) is 14.1. The number of oxime groups is 1. The van der Waals surface area contributed by atoms with E-state index in [2.05, 4.69) is 86.2 Å². The number of nitrogens with two attached hydrogens (primary N) is 4. The molecular weight excluding hydrogens is 1130 g/mol. The van der Waals surface area contributed by atoms with Crippen LogP contribution in [0.2, 0.25) is 0 Å². The molecule has 0 spiro atoms. The Bertz CT molecular complexity index is 2030.